The molecular formula is C17H32N2. The second kappa shape index (κ2) is 8.61. The Labute approximate surface area is 120 Å². The lowest BCUT2D eigenvalue weighted by atomic mass is 9.80. The van der Waals surface area contributed by atoms with Crippen LogP contribution in [-0.4, -0.2) is 36.1 Å². The minimum atomic E-state index is 0.334. The molecule has 0 aromatic carbocycles. The van der Waals surface area contributed by atoms with Crippen molar-refractivity contribution in [3.05, 3.63) is 0 Å². The van der Waals surface area contributed by atoms with Crippen LogP contribution in [0.1, 0.15) is 65.7 Å². The zero-order valence-corrected chi connectivity index (χ0v) is 13.2. The monoisotopic (exact) mass is 264 g/mol. The van der Waals surface area contributed by atoms with Crippen LogP contribution in [0, 0.1) is 12.3 Å². The van der Waals surface area contributed by atoms with E-state index in [0.29, 0.717) is 11.6 Å². The lowest BCUT2D eigenvalue weighted by Crippen LogP contribution is -2.60. The number of nitrogens with one attached hydrogen (secondary N) is 1. The first-order valence-corrected chi connectivity index (χ1v) is 8.17. The summed E-state index contributed by atoms with van der Waals surface area (Å²) in [5.74, 6) is 2.78. The van der Waals surface area contributed by atoms with E-state index in [1.54, 1.807) is 0 Å². The van der Waals surface area contributed by atoms with Crippen LogP contribution in [0.2, 0.25) is 0 Å². The van der Waals surface area contributed by atoms with Gasteiger partial charge in [0.2, 0.25) is 0 Å². The van der Waals surface area contributed by atoms with Crippen molar-refractivity contribution < 1.29 is 0 Å². The van der Waals surface area contributed by atoms with Crippen LogP contribution in [0.5, 0.6) is 0 Å². The van der Waals surface area contributed by atoms with E-state index in [2.05, 4.69) is 36.9 Å². The fourth-order valence-corrected chi connectivity index (χ4v) is 3.79. The molecular weight excluding hydrogens is 232 g/mol. The predicted molar refractivity (Wildman–Crippen MR) is 84.3 cm³/mol. The van der Waals surface area contributed by atoms with E-state index >= 15 is 0 Å². The second-order valence-corrected chi connectivity index (χ2v) is 5.71. The van der Waals surface area contributed by atoms with Gasteiger partial charge in [-0.2, -0.15) is 0 Å². The molecule has 0 aromatic heterocycles. The van der Waals surface area contributed by atoms with Crippen molar-refractivity contribution in [3.8, 4) is 12.3 Å². The van der Waals surface area contributed by atoms with E-state index in [1.165, 1.54) is 45.2 Å². The van der Waals surface area contributed by atoms with E-state index in [4.69, 9.17) is 6.42 Å². The number of rotatable bonds is 9. The topological polar surface area (TPSA) is 15.3 Å². The average molecular weight is 264 g/mol. The molecule has 2 heteroatoms. The number of nitrogens with zero attached hydrogens (tertiary/aromatic N) is 1. The lowest BCUT2D eigenvalue weighted by Gasteiger charge is -2.47. The third-order valence-corrected chi connectivity index (χ3v) is 4.87. The minimum Gasteiger partial charge on any atom is -0.312 e. The van der Waals surface area contributed by atoms with Crippen molar-refractivity contribution in [1.82, 2.24) is 10.2 Å². The highest BCUT2D eigenvalue weighted by Crippen LogP contribution is 2.33. The molecule has 19 heavy (non-hydrogen) atoms. The molecule has 1 N–H and O–H groups in total. The Balaban J connectivity index is 2.80. The van der Waals surface area contributed by atoms with Gasteiger partial charge in [0.15, 0.2) is 0 Å². The lowest BCUT2D eigenvalue weighted by molar-refractivity contribution is 0.0586. The van der Waals surface area contributed by atoms with Crippen LogP contribution in [0.3, 0.4) is 0 Å². The Morgan fingerprint density at radius 2 is 1.84 bits per heavy atom. The molecule has 1 unspecified atom stereocenters. The Morgan fingerprint density at radius 1 is 1.21 bits per heavy atom. The molecule has 1 fully saturated rings. The van der Waals surface area contributed by atoms with Crippen LogP contribution >= 0.6 is 0 Å². The van der Waals surface area contributed by atoms with Gasteiger partial charge in [0.25, 0.3) is 0 Å². The molecule has 1 aliphatic heterocycles. The first kappa shape index (κ1) is 16.5. The summed E-state index contributed by atoms with van der Waals surface area (Å²) < 4.78 is 0. The van der Waals surface area contributed by atoms with Crippen molar-refractivity contribution in [2.45, 2.75) is 77.3 Å². The maximum absolute atomic E-state index is 5.40. The number of unbranched alkanes of at least 4 members (excludes halogenated alkanes) is 1. The molecule has 0 saturated carbocycles. The Hall–Kier alpha value is -0.520. The molecule has 1 aliphatic rings. The number of hydrogen-bond acceptors (Lipinski definition) is 2. The summed E-state index contributed by atoms with van der Waals surface area (Å²) in [7, 11) is 0. The highest BCUT2D eigenvalue weighted by Gasteiger charge is 2.41. The first-order valence-electron chi connectivity index (χ1n) is 8.17. The van der Waals surface area contributed by atoms with Crippen LogP contribution < -0.4 is 5.32 Å². The SMILES string of the molecule is C#CCCCC(NCC)C(CC)(CC)N1CCCC1. The first-order chi connectivity index (χ1) is 9.25. The summed E-state index contributed by atoms with van der Waals surface area (Å²) in [5, 5.41) is 3.75. The van der Waals surface area contributed by atoms with E-state index in [0.717, 1.165) is 19.4 Å². The standard InChI is InChI=1S/C17H32N2/c1-5-9-10-13-16(18-8-4)17(6-2,7-3)19-14-11-12-15-19/h1,16,18H,6-15H2,2-4H3. The van der Waals surface area contributed by atoms with Gasteiger partial charge in [0.05, 0.1) is 0 Å². The van der Waals surface area contributed by atoms with E-state index in [1.807, 2.05) is 0 Å². The summed E-state index contributed by atoms with van der Waals surface area (Å²) >= 11 is 0. The van der Waals surface area contributed by atoms with Crippen molar-refractivity contribution in [2.24, 2.45) is 0 Å². The van der Waals surface area contributed by atoms with Gasteiger partial charge in [-0.05, 0) is 58.2 Å². The molecule has 1 heterocycles. The molecule has 1 rings (SSSR count). The molecule has 1 saturated heterocycles. The zero-order valence-electron chi connectivity index (χ0n) is 13.2. The van der Waals surface area contributed by atoms with Gasteiger partial charge in [0.1, 0.15) is 0 Å². The summed E-state index contributed by atoms with van der Waals surface area (Å²) in [6.07, 6.45) is 13.9. The number of terminal acetylenes is 1. The van der Waals surface area contributed by atoms with Crippen molar-refractivity contribution in [2.75, 3.05) is 19.6 Å². The number of likely N-dealkylation sites (N-methyl/N-ethyl adjacent to an activating group) is 1. The summed E-state index contributed by atoms with van der Waals surface area (Å²) in [5.41, 5.74) is 0.334. The Kier molecular flexibility index (Phi) is 7.49. The van der Waals surface area contributed by atoms with E-state index < -0.39 is 0 Å². The molecule has 0 amide bonds. The largest absolute Gasteiger partial charge is 0.312 e. The van der Waals surface area contributed by atoms with Gasteiger partial charge < -0.3 is 5.32 Å². The summed E-state index contributed by atoms with van der Waals surface area (Å²) in [6.45, 7) is 10.5. The molecule has 2 nitrogen and oxygen atoms in total. The third kappa shape index (κ3) is 3.97. The second-order valence-electron chi connectivity index (χ2n) is 5.71. The van der Waals surface area contributed by atoms with Crippen molar-refractivity contribution in [1.29, 1.82) is 0 Å². The van der Waals surface area contributed by atoms with Gasteiger partial charge in [-0.15, -0.1) is 12.3 Å². The van der Waals surface area contributed by atoms with Crippen molar-refractivity contribution >= 4 is 0 Å². The third-order valence-electron chi connectivity index (χ3n) is 4.87. The quantitative estimate of drug-likeness (QED) is 0.507. The van der Waals surface area contributed by atoms with Gasteiger partial charge in [0, 0.05) is 18.0 Å². The number of hydrogen-bond donors (Lipinski definition) is 1. The molecule has 0 spiro atoms. The minimum absolute atomic E-state index is 0.334. The predicted octanol–water partition coefficient (Wildman–Crippen LogP) is 3.42. The van der Waals surface area contributed by atoms with Gasteiger partial charge in [-0.25, -0.2) is 0 Å². The highest BCUT2D eigenvalue weighted by atomic mass is 15.2. The molecule has 0 bridgehead atoms. The fourth-order valence-electron chi connectivity index (χ4n) is 3.79. The van der Waals surface area contributed by atoms with Crippen LogP contribution in [-0.2, 0) is 0 Å². The van der Waals surface area contributed by atoms with E-state index in [9.17, 15) is 0 Å². The molecule has 1 atom stereocenters. The zero-order chi connectivity index (χ0) is 14.1. The molecule has 0 radical (unpaired) electrons. The Bertz CT molecular complexity index is 269. The van der Waals surface area contributed by atoms with Crippen molar-refractivity contribution in [3.63, 3.8) is 0 Å². The molecule has 0 aliphatic carbocycles. The van der Waals surface area contributed by atoms with Gasteiger partial charge in [-0.1, -0.05) is 20.8 Å². The number of likely N-dealkylation sites (tertiary alicyclic amines) is 1. The Morgan fingerprint density at radius 3 is 2.32 bits per heavy atom. The van der Waals surface area contributed by atoms with Crippen LogP contribution in [0.4, 0.5) is 0 Å². The molecule has 110 valence electrons. The molecule has 0 aromatic rings. The maximum Gasteiger partial charge on any atom is 0.0357 e. The van der Waals surface area contributed by atoms with Gasteiger partial charge in [-0.3, -0.25) is 4.90 Å². The van der Waals surface area contributed by atoms with Gasteiger partial charge >= 0.3 is 0 Å². The summed E-state index contributed by atoms with van der Waals surface area (Å²) in [6, 6.07) is 0.582. The smallest absolute Gasteiger partial charge is 0.0357 e. The van der Waals surface area contributed by atoms with Crippen LogP contribution in [0.15, 0.2) is 0 Å². The summed E-state index contributed by atoms with van der Waals surface area (Å²) in [4.78, 5) is 2.75. The maximum atomic E-state index is 5.40. The van der Waals surface area contributed by atoms with E-state index in [-0.39, 0.29) is 0 Å². The highest BCUT2D eigenvalue weighted by molar-refractivity contribution is 5.00. The average Bonchev–Trinajstić information content (AvgIpc) is 2.95. The van der Waals surface area contributed by atoms with Crippen LogP contribution in [0.25, 0.3) is 0 Å². The fraction of sp³-hybridized carbons (Fsp3) is 0.882. The normalized spacial score (nSPS) is 18.4.